The zero-order chi connectivity index (χ0) is 16.8. The third-order valence-electron chi connectivity index (χ3n) is 3.73. The fourth-order valence-electron chi connectivity index (χ4n) is 2.37. The molecule has 0 radical (unpaired) electrons. The van der Waals surface area contributed by atoms with Gasteiger partial charge in [-0.3, -0.25) is 0 Å². The van der Waals surface area contributed by atoms with Gasteiger partial charge in [-0.15, -0.1) is 24.0 Å². The van der Waals surface area contributed by atoms with Crippen LogP contribution in [0.5, 0.6) is 11.5 Å². The van der Waals surface area contributed by atoms with Crippen molar-refractivity contribution in [3.63, 3.8) is 0 Å². The van der Waals surface area contributed by atoms with Crippen LogP contribution in [0.4, 0.5) is 4.39 Å². The molecular weight excluding hydrogens is 436 g/mol. The van der Waals surface area contributed by atoms with Gasteiger partial charge in [-0.1, -0.05) is 12.1 Å². The van der Waals surface area contributed by atoms with Crippen molar-refractivity contribution in [1.82, 2.24) is 4.90 Å². The zero-order valence-electron chi connectivity index (χ0n) is 13.7. The molecule has 0 saturated carbocycles. The minimum Gasteiger partial charge on any atom is -0.457 e. The Morgan fingerprint density at radius 1 is 1.04 bits per heavy atom. The van der Waals surface area contributed by atoms with E-state index in [0.717, 1.165) is 18.7 Å². The number of halogens is 2. The molecule has 1 aliphatic rings. The molecular formula is C18H21FIN3O2. The van der Waals surface area contributed by atoms with Crippen LogP contribution in [0, 0.1) is 5.82 Å². The quantitative estimate of drug-likeness (QED) is 0.435. The van der Waals surface area contributed by atoms with E-state index < -0.39 is 0 Å². The van der Waals surface area contributed by atoms with Crippen molar-refractivity contribution in [3.8, 4) is 11.5 Å². The van der Waals surface area contributed by atoms with Crippen LogP contribution in [-0.4, -0.2) is 37.2 Å². The highest BCUT2D eigenvalue weighted by atomic mass is 127. The lowest BCUT2D eigenvalue weighted by Crippen LogP contribution is -2.44. The Morgan fingerprint density at radius 2 is 1.60 bits per heavy atom. The largest absolute Gasteiger partial charge is 0.457 e. The van der Waals surface area contributed by atoms with Crippen LogP contribution in [0.3, 0.4) is 0 Å². The van der Waals surface area contributed by atoms with Gasteiger partial charge in [0.1, 0.15) is 17.3 Å². The third kappa shape index (κ3) is 5.86. The molecule has 0 bridgehead atoms. The average Bonchev–Trinajstić information content (AvgIpc) is 2.63. The predicted molar refractivity (Wildman–Crippen MR) is 106 cm³/mol. The second-order valence-corrected chi connectivity index (χ2v) is 5.47. The third-order valence-corrected chi connectivity index (χ3v) is 3.73. The molecule has 2 aromatic carbocycles. The van der Waals surface area contributed by atoms with Gasteiger partial charge in [0.15, 0.2) is 5.96 Å². The molecule has 0 aromatic heterocycles. The Morgan fingerprint density at radius 3 is 2.20 bits per heavy atom. The lowest BCUT2D eigenvalue weighted by molar-refractivity contribution is 0.0674. The molecule has 0 aliphatic carbocycles. The monoisotopic (exact) mass is 457 g/mol. The van der Waals surface area contributed by atoms with Crippen LogP contribution < -0.4 is 10.5 Å². The Balaban J connectivity index is 0.00000225. The first kappa shape index (κ1) is 19.5. The first-order valence-corrected chi connectivity index (χ1v) is 7.86. The van der Waals surface area contributed by atoms with Crippen molar-refractivity contribution in [1.29, 1.82) is 0 Å². The summed E-state index contributed by atoms with van der Waals surface area (Å²) in [4.78, 5) is 6.45. The zero-order valence-corrected chi connectivity index (χ0v) is 16.1. The highest BCUT2D eigenvalue weighted by molar-refractivity contribution is 14.0. The lowest BCUT2D eigenvalue weighted by atomic mass is 10.2. The number of hydrogen-bond donors (Lipinski definition) is 1. The molecule has 1 saturated heterocycles. The number of benzene rings is 2. The van der Waals surface area contributed by atoms with Crippen LogP contribution in [0.2, 0.25) is 0 Å². The summed E-state index contributed by atoms with van der Waals surface area (Å²) >= 11 is 0. The van der Waals surface area contributed by atoms with Crippen molar-refractivity contribution in [2.45, 2.75) is 6.54 Å². The van der Waals surface area contributed by atoms with E-state index in [9.17, 15) is 4.39 Å². The summed E-state index contributed by atoms with van der Waals surface area (Å²) in [5.74, 6) is 1.55. The van der Waals surface area contributed by atoms with Gasteiger partial charge in [-0.2, -0.15) is 0 Å². The maximum absolute atomic E-state index is 12.9. The maximum Gasteiger partial charge on any atom is 0.191 e. The summed E-state index contributed by atoms with van der Waals surface area (Å²) in [6.07, 6.45) is 0. The topological polar surface area (TPSA) is 60.1 Å². The fourth-order valence-corrected chi connectivity index (χ4v) is 2.37. The summed E-state index contributed by atoms with van der Waals surface area (Å²) < 4.78 is 23.8. The highest BCUT2D eigenvalue weighted by Gasteiger charge is 2.11. The van der Waals surface area contributed by atoms with Gasteiger partial charge in [0.25, 0.3) is 0 Å². The van der Waals surface area contributed by atoms with E-state index in [1.807, 2.05) is 29.2 Å². The minimum absolute atomic E-state index is 0. The van der Waals surface area contributed by atoms with E-state index in [4.69, 9.17) is 15.2 Å². The minimum atomic E-state index is -0.284. The molecule has 2 aromatic rings. The predicted octanol–water partition coefficient (Wildman–Crippen LogP) is 3.38. The molecule has 3 rings (SSSR count). The average molecular weight is 457 g/mol. The SMILES string of the molecule is I.NC(=NCc1ccc(Oc2ccc(F)cc2)cc1)N1CCOCC1. The van der Waals surface area contributed by atoms with E-state index in [1.54, 1.807) is 12.1 Å². The lowest BCUT2D eigenvalue weighted by Gasteiger charge is -2.27. The van der Waals surface area contributed by atoms with Gasteiger partial charge in [-0.25, -0.2) is 9.38 Å². The number of morpholine rings is 1. The van der Waals surface area contributed by atoms with Crippen LogP contribution in [0.25, 0.3) is 0 Å². The Labute approximate surface area is 163 Å². The normalized spacial score (nSPS) is 14.8. The first-order chi connectivity index (χ1) is 11.7. The number of aliphatic imine (C=N–C) groups is 1. The second-order valence-electron chi connectivity index (χ2n) is 5.47. The van der Waals surface area contributed by atoms with Gasteiger partial charge in [-0.05, 0) is 42.0 Å². The molecule has 0 spiro atoms. The van der Waals surface area contributed by atoms with E-state index in [-0.39, 0.29) is 29.8 Å². The number of guanidine groups is 1. The van der Waals surface area contributed by atoms with Crippen molar-refractivity contribution in [3.05, 3.63) is 59.9 Å². The van der Waals surface area contributed by atoms with Crippen molar-refractivity contribution < 1.29 is 13.9 Å². The summed E-state index contributed by atoms with van der Waals surface area (Å²) in [6, 6.07) is 13.5. The number of nitrogens with two attached hydrogens (primary N) is 1. The van der Waals surface area contributed by atoms with Crippen molar-refractivity contribution in [2.75, 3.05) is 26.3 Å². The Bertz CT molecular complexity index is 686. The molecule has 7 heteroatoms. The van der Waals surface area contributed by atoms with E-state index in [1.165, 1.54) is 12.1 Å². The number of ether oxygens (including phenoxy) is 2. The highest BCUT2D eigenvalue weighted by Crippen LogP contribution is 2.22. The van der Waals surface area contributed by atoms with Gasteiger partial charge in [0.05, 0.1) is 19.8 Å². The maximum atomic E-state index is 12.9. The molecule has 5 nitrogen and oxygen atoms in total. The molecule has 1 fully saturated rings. The molecule has 0 atom stereocenters. The molecule has 1 aliphatic heterocycles. The van der Waals surface area contributed by atoms with Crippen LogP contribution in [-0.2, 0) is 11.3 Å². The number of rotatable bonds is 4. The molecule has 134 valence electrons. The first-order valence-electron chi connectivity index (χ1n) is 7.86. The second kappa shape index (κ2) is 9.57. The molecule has 1 heterocycles. The van der Waals surface area contributed by atoms with Gasteiger partial charge in [0, 0.05) is 13.1 Å². The van der Waals surface area contributed by atoms with Crippen LogP contribution >= 0.6 is 24.0 Å². The number of nitrogens with zero attached hydrogens (tertiary/aromatic N) is 2. The van der Waals surface area contributed by atoms with E-state index >= 15 is 0 Å². The van der Waals surface area contributed by atoms with Gasteiger partial charge < -0.3 is 20.1 Å². The summed E-state index contributed by atoms with van der Waals surface area (Å²) in [5, 5.41) is 0. The Kier molecular flexibility index (Phi) is 7.45. The van der Waals surface area contributed by atoms with Crippen molar-refractivity contribution >= 4 is 29.9 Å². The standard InChI is InChI=1S/C18H20FN3O2.HI/c19-15-3-7-17(8-4-15)24-16-5-1-14(2-6-16)13-21-18(20)22-9-11-23-12-10-22;/h1-8H,9-13H2,(H2,20,21);1H. The summed E-state index contributed by atoms with van der Waals surface area (Å²) in [6.45, 7) is 3.44. The van der Waals surface area contributed by atoms with Gasteiger partial charge >= 0.3 is 0 Å². The van der Waals surface area contributed by atoms with Crippen LogP contribution in [0.15, 0.2) is 53.5 Å². The van der Waals surface area contributed by atoms with E-state index in [0.29, 0.717) is 37.2 Å². The fraction of sp³-hybridized carbons (Fsp3) is 0.278. The molecule has 25 heavy (non-hydrogen) atoms. The number of hydrogen-bond acceptors (Lipinski definition) is 3. The van der Waals surface area contributed by atoms with Crippen LogP contribution in [0.1, 0.15) is 5.56 Å². The molecule has 0 amide bonds. The van der Waals surface area contributed by atoms with Crippen molar-refractivity contribution in [2.24, 2.45) is 10.7 Å². The Hall–Kier alpha value is -1.87. The summed E-state index contributed by atoms with van der Waals surface area (Å²) in [7, 11) is 0. The smallest absolute Gasteiger partial charge is 0.191 e. The molecule has 2 N–H and O–H groups in total. The summed E-state index contributed by atoms with van der Waals surface area (Å²) in [5.41, 5.74) is 7.05. The van der Waals surface area contributed by atoms with Gasteiger partial charge in [0.2, 0.25) is 0 Å². The van der Waals surface area contributed by atoms with E-state index in [2.05, 4.69) is 4.99 Å². The molecule has 0 unspecified atom stereocenters.